The van der Waals surface area contributed by atoms with Crippen LogP contribution in [0.2, 0.25) is 0 Å². The maximum absolute atomic E-state index is 12.1. The van der Waals surface area contributed by atoms with Crippen molar-refractivity contribution in [1.29, 1.82) is 0 Å². The lowest BCUT2D eigenvalue weighted by molar-refractivity contribution is 0.102. The van der Waals surface area contributed by atoms with Gasteiger partial charge in [0.2, 0.25) is 0 Å². The topological polar surface area (TPSA) is 75.1 Å². The Hall–Kier alpha value is -2.12. The summed E-state index contributed by atoms with van der Waals surface area (Å²) in [5.41, 5.74) is 2.41. The molecule has 124 valence electrons. The van der Waals surface area contributed by atoms with Gasteiger partial charge < -0.3 is 15.5 Å². The maximum atomic E-state index is 12.1. The lowest BCUT2D eigenvalue weighted by Gasteiger charge is -2.29. The van der Waals surface area contributed by atoms with Gasteiger partial charge in [0, 0.05) is 38.9 Å². The van der Waals surface area contributed by atoms with Crippen molar-refractivity contribution in [3.63, 3.8) is 0 Å². The second kappa shape index (κ2) is 7.43. The lowest BCUT2D eigenvalue weighted by Crippen LogP contribution is -2.43. The van der Waals surface area contributed by atoms with Crippen LogP contribution in [0.25, 0.3) is 0 Å². The van der Waals surface area contributed by atoms with E-state index in [4.69, 9.17) is 0 Å². The van der Waals surface area contributed by atoms with Crippen molar-refractivity contribution in [2.24, 2.45) is 7.05 Å². The molecule has 7 nitrogen and oxygen atoms in total. The quantitative estimate of drug-likeness (QED) is 0.881. The third kappa shape index (κ3) is 4.00. The zero-order valence-corrected chi connectivity index (χ0v) is 14.1. The summed E-state index contributed by atoms with van der Waals surface area (Å²) in [5.74, 6) is 0.290. The number of amides is 1. The molecule has 1 saturated heterocycles. The fourth-order valence-electron chi connectivity index (χ4n) is 2.42. The molecule has 23 heavy (non-hydrogen) atoms. The number of hydrogen-bond donors (Lipinski definition) is 2. The Morgan fingerprint density at radius 2 is 2.04 bits per heavy atom. The zero-order chi connectivity index (χ0) is 15.5. The van der Waals surface area contributed by atoms with Gasteiger partial charge in [0.25, 0.3) is 5.91 Å². The van der Waals surface area contributed by atoms with Crippen LogP contribution in [-0.2, 0) is 7.05 Å². The average Bonchev–Trinajstić information content (AvgIpc) is 2.88. The van der Waals surface area contributed by atoms with Crippen LogP contribution in [0.15, 0.2) is 24.4 Å². The highest BCUT2D eigenvalue weighted by Gasteiger charge is 2.13. The van der Waals surface area contributed by atoms with Crippen molar-refractivity contribution >= 4 is 29.8 Å². The van der Waals surface area contributed by atoms with Crippen LogP contribution in [0.5, 0.6) is 0 Å². The predicted molar refractivity (Wildman–Crippen MR) is 92.5 cm³/mol. The van der Waals surface area contributed by atoms with Crippen LogP contribution in [0, 0.1) is 6.92 Å². The normalized spacial score (nSPS) is 14.3. The molecule has 2 aromatic heterocycles. The molecule has 1 amide bonds. The van der Waals surface area contributed by atoms with Gasteiger partial charge in [-0.05, 0) is 25.1 Å². The van der Waals surface area contributed by atoms with Gasteiger partial charge >= 0.3 is 0 Å². The second-order valence-corrected chi connectivity index (χ2v) is 5.39. The molecule has 2 aromatic rings. The number of carbonyl (C=O) groups excluding carboxylic acids is 1. The summed E-state index contributed by atoms with van der Waals surface area (Å²) in [6.07, 6.45) is 1.80. The van der Waals surface area contributed by atoms with Crippen molar-refractivity contribution in [2.75, 3.05) is 36.4 Å². The highest BCUT2D eigenvalue weighted by Crippen LogP contribution is 2.16. The number of aromatic nitrogens is 3. The Morgan fingerprint density at radius 1 is 1.30 bits per heavy atom. The van der Waals surface area contributed by atoms with Gasteiger partial charge in [0.1, 0.15) is 5.82 Å². The summed E-state index contributed by atoms with van der Waals surface area (Å²) >= 11 is 0. The first kappa shape index (κ1) is 17.2. The molecule has 0 saturated carbocycles. The van der Waals surface area contributed by atoms with Gasteiger partial charge in [-0.2, -0.15) is 5.10 Å². The summed E-state index contributed by atoms with van der Waals surface area (Å²) in [6, 6.07) is 5.56. The van der Waals surface area contributed by atoms with Gasteiger partial charge in [-0.1, -0.05) is 0 Å². The molecule has 1 aliphatic heterocycles. The smallest absolute Gasteiger partial charge is 0.277 e. The number of anilines is 2. The summed E-state index contributed by atoms with van der Waals surface area (Å²) < 4.78 is 1.68. The molecule has 0 radical (unpaired) electrons. The van der Waals surface area contributed by atoms with Crippen LogP contribution in [0.3, 0.4) is 0 Å². The Balaban J connectivity index is 0.00000192. The average molecular weight is 337 g/mol. The number of nitrogens with zero attached hydrogens (tertiary/aromatic N) is 4. The molecule has 3 rings (SSSR count). The van der Waals surface area contributed by atoms with E-state index in [1.54, 1.807) is 16.9 Å². The molecular formula is C15H21ClN6O. The van der Waals surface area contributed by atoms with Crippen molar-refractivity contribution in [1.82, 2.24) is 20.1 Å². The number of rotatable bonds is 3. The molecular weight excluding hydrogens is 316 g/mol. The van der Waals surface area contributed by atoms with Gasteiger partial charge in [0.05, 0.1) is 11.9 Å². The summed E-state index contributed by atoms with van der Waals surface area (Å²) in [4.78, 5) is 18.7. The second-order valence-electron chi connectivity index (χ2n) is 5.39. The van der Waals surface area contributed by atoms with Gasteiger partial charge in [-0.3, -0.25) is 9.48 Å². The largest absolute Gasteiger partial charge is 0.368 e. The first-order valence-electron chi connectivity index (χ1n) is 7.37. The molecule has 0 unspecified atom stereocenters. The van der Waals surface area contributed by atoms with E-state index in [0.717, 1.165) is 37.6 Å². The highest BCUT2D eigenvalue weighted by atomic mass is 35.5. The minimum Gasteiger partial charge on any atom is -0.368 e. The summed E-state index contributed by atoms with van der Waals surface area (Å²) in [6.45, 7) is 5.82. The van der Waals surface area contributed by atoms with E-state index in [2.05, 4.69) is 25.6 Å². The molecule has 0 aliphatic carbocycles. The standard InChI is InChI=1S/C15H20N6O.ClH/c1-11-9-13(19-20(11)2)15(22)18-14-4-3-12(10-17-14)21-7-5-16-6-8-21;/h3-4,9-10,16H,5-8H2,1-2H3,(H,17,18,22);1H. The molecule has 0 bridgehead atoms. The van der Waals surface area contributed by atoms with E-state index >= 15 is 0 Å². The molecule has 0 spiro atoms. The molecule has 2 N–H and O–H groups in total. The molecule has 1 fully saturated rings. The number of carbonyl (C=O) groups is 1. The van der Waals surface area contributed by atoms with Gasteiger partial charge in [-0.15, -0.1) is 12.4 Å². The third-order valence-corrected chi connectivity index (χ3v) is 3.82. The number of piperazine rings is 1. The molecule has 3 heterocycles. The van der Waals surface area contributed by atoms with Crippen molar-refractivity contribution in [3.05, 3.63) is 35.8 Å². The van der Waals surface area contributed by atoms with Gasteiger partial charge in [-0.25, -0.2) is 4.98 Å². The van der Waals surface area contributed by atoms with Gasteiger partial charge in [0.15, 0.2) is 5.69 Å². The number of aryl methyl sites for hydroxylation is 2. The Labute approximate surface area is 141 Å². The summed E-state index contributed by atoms with van der Waals surface area (Å²) in [5, 5.41) is 10.2. The Morgan fingerprint density at radius 3 is 2.61 bits per heavy atom. The van der Waals surface area contributed by atoms with E-state index < -0.39 is 0 Å². The number of pyridine rings is 1. The van der Waals surface area contributed by atoms with E-state index in [1.165, 1.54) is 0 Å². The number of nitrogens with one attached hydrogen (secondary N) is 2. The van der Waals surface area contributed by atoms with E-state index in [9.17, 15) is 4.79 Å². The fraction of sp³-hybridized carbons (Fsp3) is 0.400. The van der Waals surface area contributed by atoms with Crippen LogP contribution in [0.4, 0.5) is 11.5 Å². The van der Waals surface area contributed by atoms with Crippen molar-refractivity contribution in [2.45, 2.75) is 6.92 Å². The number of halogens is 1. The lowest BCUT2D eigenvalue weighted by atomic mass is 10.3. The fourth-order valence-corrected chi connectivity index (χ4v) is 2.42. The first-order valence-corrected chi connectivity index (χ1v) is 7.37. The van der Waals surface area contributed by atoms with E-state index in [-0.39, 0.29) is 18.3 Å². The molecule has 1 aliphatic rings. The minimum absolute atomic E-state index is 0. The van der Waals surface area contributed by atoms with Crippen LogP contribution >= 0.6 is 12.4 Å². The zero-order valence-electron chi connectivity index (χ0n) is 13.2. The Bertz CT molecular complexity index is 644. The van der Waals surface area contributed by atoms with Crippen molar-refractivity contribution in [3.8, 4) is 0 Å². The number of hydrogen-bond acceptors (Lipinski definition) is 5. The molecule has 0 aromatic carbocycles. The Kier molecular flexibility index (Phi) is 5.57. The maximum Gasteiger partial charge on any atom is 0.277 e. The van der Waals surface area contributed by atoms with Crippen LogP contribution in [0.1, 0.15) is 16.2 Å². The van der Waals surface area contributed by atoms with Crippen molar-refractivity contribution < 1.29 is 4.79 Å². The monoisotopic (exact) mass is 336 g/mol. The third-order valence-electron chi connectivity index (χ3n) is 3.82. The highest BCUT2D eigenvalue weighted by molar-refractivity contribution is 6.02. The predicted octanol–water partition coefficient (Wildman–Crippen LogP) is 1.21. The van der Waals surface area contributed by atoms with E-state index in [0.29, 0.717) is 11.5 Å². The molecule has 0 atom stereocenters. The van der Waals surface area contributed by atoms with Crippen LogP contribution < -0.4 is 15.5 Å². The SMILES string of the molecule is Cc1cc(C(=O)Nc2ccc(N3CCNCC3)cn2)nn1C.Cl. The summed E-state index contributed by atoms with van der Waals surface area (Å²) in [7, 11) is 1.81. The van der Waals surface area contributed by atoms with Crippen LogP contribution in [-0.4, -0.2) is 46.9 Å². The minimum atomic E-state index is -0.244. The van der Waals surface area contributed by atoms with E-state index in [1.807, 2.05) is 26.1 Å². The molecule has 8 heteroatoms. The first-order chi connectivity index (χ1) is 10.6.